The highest BCUT2D eigenvalue weighted by molar-refractivity contribution is 5.66. The number of likely N-dealkylation sites (tertiary alicyclic amines) is 1. The van der Waals surface area contributed by atoms with E-state index in [0.717, 1.165) is 18.4 Å². The monoisotopic (exact) mass is 225 g/mol. The molecule has 0 aromatic rings. The molecule has 0 amide bonds. The quantitative estimate of drug-likeness (QED) is 0.799. The number of hydrogen-bond donors (Lipinski definition) is 1. The van der Waals surface area contributed by atoms with E-state index >= 15 is 0 Å². The molecule has 1 N–H and O–H groups in total. The second-order valence-corrected chi connectivity index (χ2v) is 5.55. The van der Waals surface area contributed by atoms with E-state index in [1.165, 1.54) is 38.6 Å². The minimum atomic E-state index is -0.646. The highest BCUT2D eigenvalue weighted by atomic mass is 16.4. The molecule has 16 heavy (non-hydrogen) atoms. The number of rotatable bonds is 4. The fraction of sp³-hybridized carbons (Fsp3) is 0.923. The van der Waals surface area contributed by atoms with Crippen LogP contribution in [0.1, 0.15) is 51.9 Å². The van der Waals surface area contributed by atoms with Gasteiger partial charge in [0.1, 0.15) is 0 Å². The Morgan fingerprint density at radius 1 is 1.38 bits per heavy atom. The lowest BCUT2D eigenvalue weighted by Gasteiger charge is -2.47. The Labute approximate surface area is 97.8 Å². The molecule has 2 aliphatic rings. The topological polar surface area (TPSA) is 40.5 Å². The van der Waals surface area contributed by atoms with Gasteiger partial charge in [-0.25, -0.2) is 0 Å². The van der Waals surface area contributed by atoms with E-state index in [2.05, 4.69) is 11.8 Å². The maximum absolute atomic E-state index is 10.6. The Morgan fingerprint density at radius 3 is 2.75 bits per heavy atom. The normalized spacial score (nSPS) is 35.7. The standard InChI is InChI=1S/C13H23NO2/c1-10-8-12(9-10)14-7-3-2-4-11(14)5-6-13(15)16/h10-12H,2-9H2,1H3,(H,15,16). The van der Waals surface area contributed by atoms with Crippen LogP contribution < -0.4 is 0 Å². The van der Waals surface area contributed by atoms with E-state index < -0.39 is 5.97 Å². The number of piperidine rings is 1. The summed E-state index contributed by atoms with van der Waals surface area (Å²) in [5.41, 5.74) is 0. The van der Waals surface area contributed by atoms with Crippen LogP contribution in [0.5, 0.6) is 0 Å². The number of hydrogen-bond acceptors (Lipinski definition) is 2. The highest BCUT2D eigenvalue weighted by Gasteiger charge is 2.35. The van der Waals surface area contributed by atoms with Crippen molar-refractivity contribution in [2.24, 2.45) is 5.92 Å². The van der Waals surface area contributed by atoms with Crippen molar-refractivity contribution in [3.8, 4) is 0 Å². The molecule has 0 spiro atoms. The third kappa shape index (κ3) is 2.76. The summed E-state index contributed by atoms with van der Waals surface area (Å²) in [6.07, 6.45) is 7.62. The van der Waals surface area contributed by atoms with Crippen molar-refractivity contribution >= 4 is 5.97 Å². The lowest BCUT2D eigenvalue weighted by Crippen LogP contribution is -2.51. The van der Waals surface area contributed by atoms with E-state index in [4.69, 9.17) is 5.11 Å². The van der Waals surface area contributed by atoms with Gasteiger partial charge in [0.05, 0.1) is 0 Å². The van der Waals surface area contributed by atoms with Crippen LogP contribution in [0.3, 0.4) is 0 Å². The van der Waals surface area contributed by atoms with Crippen molar-refractivity contribution in [2.75, 3.05) is 6.54 Å². The molecule has 2 fully saturated rings. The van der Waals surface area contributed by atoms with Crippen LogP contribution in [0, 0.1) is 5.92 Å². The summed E-state index contributed by atoms with van der Waals surface area (Å²) >= 11 is 0. The number of nitrogens with zero attached hydrogens (tertiary/aromatic N) is 1. The Morgan fingerprint density at radius 2 is 2.12 bits per heavy atom. The lowest BCUT2D eigenvalue weighted by atomic mass is 9.79. The Kier molecular flexibility index (Phi) is 3.85. The number of aliphatic carboxylic acids is 1. The first kappa shape index (κ1) is 11.9. The van der Waals surface area contributed by atoms with Gasteiger partial charge in [0.25, 0.3) is 0 Å². The molecule has 0 bridgehead atoms. The molecule has 1 saturated heterocycles. The second-order valence-electron chi connectivity index (χ2n) is 5.55. The first-order valence-corrected chi connectivity index (χ1v) is 6.64. The zero-order chi connectivity index (χ0) is 11.5. The van der Waals surface area contributed by atoms with E-state index in [0.29, 0.717) is 12.5 Å². The van der Waals surface area contributed by atoms with Gasteiger partial charge in [-0.3, -0.25) is 9.69 Å². The van der Waals surface area contributed by atoms with Gasteiger partial charge in [-0.05, 0) is 44.6 Å². The molecule has 0 aromatic heterocycles. The molecule has 0 radical (unpaired) electrons. The van der Waals surface area contributed by atoms with Gasteiger partial charge in [0.15, 0.2) is 0 Å². The Balaban J connectivity index is 1.84. The van der Waals surface area contributed by atoms with Crippen molar-refractivity contribution in [2.45, 2.75) is 64.0 Å². The van der Waals surface area contributed by atoms with Gasteiger partial charge in [-0.1, -0.05) is 13.3 Å². The minimum Gasteiger partial charge on any atom is -0.481 e. The van der Waals surface area contributed by atoms with Crippen molar-refractivity contribution in [1.82, 2.24) is 4.90 Å². The molecule has 1 unspecified atom stereocenters. The fourth-order valence-corrected chi connectivity index (χ4v) is 3.23. The zero-order valence-corrected chi connectivity index (χ0v) is 10.2. The van der Waals surface area contributed by atoms with Gasteiger partial charge in [0.2, 0.25) is 0 Å². The summed E-state index contributed by atoms with van der Waals surface area (Å²) in [6.45, 7) is 3.51. The number of carboxylic acid groups (broad SMARTS) is 1. The van der Waals surface area contributed by atoms with E-state index in [1.54, 1.807) is 0 Å². The van der Waals surface area contributed by atoms with Gasteiger partial charge in [-0.15, -0.1) is 0 Å². The molecule has 0 aromatic carbocycles. The molecular weight excluding hydrogens is 202 g/mol. The second kappa shape index (κ2) is 5.17. The molecular formula is C13H23NO2. The number of carboxylic acids is 1. The molecule has 92 valence electrons. The Bertz CT molecular complexity index is 248. The summed E-state index contributed by atoms with van der Waals surface area (Å²) in [6, 6.07) is 1.30. The van der Waals surface area contributed by atoms with E-state index in [1.807, 2.05) is 0 Å². The van der Waals surface area contributed by atoms with Crippen molar-refractivity contribution in [1.29, 1.82) is 0 Å². The molecule has 2 rings (SSSR count). The lowest BCUT2D eigenvalue weighted by molar-refractivity contribution is -0.137. The minimum absolute atomic E-state index is 0.337. The Hall–Kier alpha value is -0.570. The van der Waals surface area contributed by atoms with Crippen LogP contribution in [-0.4, -0.2) is 34.6 Å². The average molecular weight is 225 g/mol. The molecule has 3 heteroatoms. The van der Waals surface area contributed by atoms with Crippen LogP contribution in [0.25, 0.3) is 0 Å². The maximum Gasteiger partial charge on any atom is 0.303 e. The van der Waals surface area contributed by atoms with Crippen LogP contribution in [0.2, 0.25) is 0 Å². The number of carbonyl (C=O) groups is 1. The van der Waals surface area contributed by atoms with Crippen LogP contribution in [-0.2, 0) is 4.79 Å². The first-order chi connectivity index (χ1) is 7.66. The van der Waals surface area contributed by atoms with Gasteiger partial charge < -0.3 is 5.11 Å². The van der Waals surface area contributed by atoms with Gasteiger partial charge >= 0.3 is 5.97 Å². The van der Waals surface area contributed by atoms with Gasteiger partial charge in [-0.2, -0.15) is 0 Å². The predicted octanol–water partition coefficient (Wildman–Crippen LogP) is 2.50. The third-order valence-corrected chi connectivity index (χ3v) is 4.18. The summed E-state index contributed by atoms with van der Waals surface area (Å²) in [4.78, 5) is 13.2. The van der Waals surface area contributed by atoms with Crippen LogP contribution >= 0.6 is 0 Å². The smallest absolute Gasteiger partial charge is 0.303 e. The van der Waals surface area contributed by atoms with E-state index in [9.17, 15) is 4.79 Å². The predicted molar refractivity (Wildman–Crippen MR) is 63.4 cm³/mol. The molecule has 1 heterocycles. The zero-order valence-electron chi connectivity index (χ0n) is 10.2. The van der Waals surface area contributed by atoms with E-state index in [-0.39, 0.29) is 0 Å². The molecule has 3 nitrogen and oxygen atoms in total. The fourth-order valence-electron chi connectivity index (χ4n) is 3.23. The molecule has 1 aliphatic carbocycles. The summed E-state index contributed by atoms with van der Waals surface area (Å²) in [5, 5.41) is 8.76. The maximum atomic E-state index is 10.6. The SMILES string of the molecule is CC1CC(N2CCCCC2CCC(=O)O)C1. The highest BCUT2D eigenvalue weighted by Crippen LogP contribution is 2.35. The van der Waals surface area contributed by atoms with Crippen molar-refractivity contribution in [3.05, 3.63) is 0 Å². The van der Waals surface area contributed by atoms with Crippen molar-refractivity contribution < 1.29 is 9.90 Å². The summed E-state index contributed by atoms with van der Waals surface area (Å²) < 4.78 is 0. The molecule has 1 saturated carbocycles. The largest absolute Gasteiger partial charge is 0.481 e. The first-order valence-electron chi connectivity index (χ1n) is 6.64. The summed E-state index contributed by atoms with van der Waals surface area (Å²) in [5.74, 6) is 0.236. The molecule has 1 aliphatic heterocycles. The third-order valence-electron chi connectivity index (χ3n) is 4.18. The van der Waals surface area contributed by atoms with Gasteiger partial charge in [0, 0.05) is 18.5 Å². The van der Waals surface area contributed by atoms with Crippen LogP contribution in [0.4, 0.5) is 0 Å². The van der Waals surface area contributed by atoms with Crippen LogP contribution in [0.15, 0.2) is 0 Å². The average Bonchev–Trinajstić information content (AvgIpc) is 2.22. The summed E-state index contributed by atoms with van der Waals surface area (Å²) in [7, 11) is 0. The molecule has 1 atom stereocenters. The van der Waals surface area contributed by atoms with Crippen molar-refractivity contribution in [3.63, 3.8) is 0 Å².